The highest BCUT2D eigenvalue weighted by Crippen LogP contribution is 2.22. The number of fused-ring (bicyclic) bond motifs is 1. The second-order valence-electron chi connectivity index (χ2n) is 2.49. The van der Waals surface area contributed by atoms with Crippen LogP contribution in [0.5, 0.6) is 0 Å². The van der Waals surface area contributed by atoms with Gasteiger partial charge in [0, 0.05) is 0 Å². The van der Waals surface area contributed by atoms with E-state index in [-0.39, 0.29) is 0 Å². The average Bonchev–Trinajstić information content (AvgIpc) is 2.05. The Morgan fingerprint density at radius 1 is 1.20 bits per heavy atom. The molecule has 0 aromatic carbocycles. The van der Waals surface area contributed by atoms with Crippen molar-refractivity contribution in [1.82, 2.24) is 0 Å². The molecule has 49 valence electrons. The van der Waals surface area contributed by atoms with Crippen molar-refractivity contribution >= 4 is 0 Å². The molecule has 0 bridgehead atoms. The minimum atomic E-state index is 0.969. The first kappa shape index (κ1) is 5.72. The molecule has 0 nitrogen and oxygen atoms in total. The lowest BCUT2D eigenvalue weighted by atomic mass is 9.95. The molecule has 2 aliphatic rings. The highest BCUT2D eigenvalue weighted by Gasteiger charge is 2.03. The van der Waals surface area contributed by atoms with E-state index in [2.05, 4.69) is 36.5 Å². The molecule has 0 aromatic heterocycles. The molecule has 1 radical (unpaired) electrons. The van der Waals surface area contributed by atoms with Crippen LogP contribution in [-0.2, 0) is 0 Å². The van der Waals surface area contributed by atoms with Crippen molar-refractivity contribution in [3.05, 3.63) is 47.6 Å². The smallest absolute Gasteiger partial charge is 0.00849 e. The van der Waals surface area contributed by atoms with E-state index in [0.29, 0.717) is 0 Å². The van der Waals surface area contributed by atoms with Gasteiger partial charge in [0.05, 0.1) is 0 Å². The van der Waals surface area contributed by atoms with Crippen LogP contribution in [0.25, 0.3) is 0 Å². The molecule has 2 aliphatic carbocycles. The van der Waals surface area contributed by atoms with Gasteiger partial charge in [-0.15, -0.1) is 0 Å². The van der Waals surface area contributed by atoms with Crippen LogP contribution in [-0.4, -0.2) is 0 Å². The first-order valence-corrected chi connectivity index (χ1v) is 3.61. The molecule has 0 heteroatoms. The zero-order valence-corrected chi connectivity index (χ0v) is 5.80. The van der Waals surface area contributed by atoms with Crippen molar-refractivity contribution in [2.75, 3.05) is 0 Å². The van der Waals surface area contributed by atoms with Crippen LogP contribution in [0.3, 0.4) is 0 Å². The Morgan fingerprint density at radius 3 is 3.10 bits per heavy atom. The van der Waals surface area contributed by atoms with E-state index < -0.39 is 0 Å². The SMILES string of the molecule is [C]1=C2C=CCC=C2C=CC1. The number of hydrogen-bond donors (Lipinski definition) is 0. The molecule has 0 saturated heterocycles. The number of rotatable bonds is 0. The number of hydrogen-bond acceptors (Lipinski definition) is 0. The summed E-state index contributed by atoms with van der Waals surface area (Å²) in [6, 6.07) is 0. The van der Waals surface area contributed by atoms with Gasteiger partial charge in [-0.3, -0.25) is 0 Å². The standard InChI is InChI=1S/C10H9/c1-2-6-10-8-4-3-7-9(10)5-1/h1,4-6,8H,2-3H2. The van der Waals surface area contributed by atoms with Crippen LogP contribution >= 0.6 is 0 Å². The Balaban J connectivity index is 2.38. The lowest BCUT2D eigenvalue weighted by Gasteiger charge is -2.10. The van der Waals surface area contributed by atoms with Gasteiger partial charge in [0.2, 0.25) is 0 Å². The Morgan fingerprint density at radius 2 is 2.20 bits per heavy atom. The lowest BCUT2D eigenvalue weighted by molar-refractivity contribution is 1.20. The zero-order chi connectivity index (χ0) is 6.81. The predicted octanol–water partition coefficient (Wildman–Crippen LogP) is 2.56. The summed E-state index contributed by atoms with van der Waals surface area (Å²) in [5, 5.41) is 0. The van der Waals surface area contributed by atoms with E-state index in [1.807, 2.05) is 0 Å². The first-order valence-electron chi connectivity index (χ1n) is 3.61. The third-order valence-electron chi connectivity index (χ3n) is 1.78. The van der Waals surface area contributed by atoms with Gasteiger partial charge >= 0.3 is 0 Å². The van der Waals surface area contributed by atoms with Crippen molar-refractivity contribution in [3.8, 4) is 0 Å². The zero-order valence-electron chi connectivity index (χ0n) is 5.80. The molecule has 0 unspecified atom stereocenters. The van der Waals surface area contributed by atoms with Crippen LogP contribution in [0.2, 0.25) is 0 Å². The summed E-state index contributed by atoms with van der Waals surface area (Å²) in [5.41, 5.74) is 2.61. The highest BCUT2D eigenvalue weighted by molar-refractivity contribution is 5.49. The monoisotopic (exact) mass is 129 g/mol. The molecule has 0 heterocycles. The lowest BCUT2D eigenvalue weighted by Crippen LogP contribution is -1.92. The summed E-state index contributed by atoms with van der Waals surface area (Å²) in [6.07, 6.45) is 16.2. The topological polar surface area (TPSA) is 0 Å². The summed E-state index contributed by atoms with van der Waals surface area (Å²) >= 11 is 0. The Labute approximate surface area is 61.3 Å². The van der Waals surface area contributed by atoms with Crippen LogP contribution in [0.15, 0.2) is 41.5 Å². The molecule has 0 aliphatic heterocycles. The molecule has 2 rings (SSSR count). The van der Waals surface area contributed by atoms with E-state index in [1.165, 1.54) is 11.1 Å². The Bertz CT molecular complexity index is 221. The molecular weight excluding hydrogens is 120 g/mol. The van der Waals surface area contributed by atoms with E-state index in [4.69, 9.17) is 0 Å². The molecule has 0 aromatic rings. The van der Waals surface area contributed by atoms with Gasteiger partial charge in [-0.25, -0.2) is 0 Å². The maximum atomic E-state index is 3.30. The molecule has 0 fully saturated rings. The minimum Gasteiger partial charge on any atom is -0.0801 e. The molecule has 0 atom stereocenters. The fourth-order valence-corrected chi connectivity index (χ4v) is 1.26. The second-order valence-corrected chi connectivity index (χ2v) is 2.49. The third kappa shape index (κ3) is 0.860. The van der Waals surface area contributed by atoms with Crippen molar-refractivity contribution in [3.63, 3.8) is 0 Å². The van der Waals surface area contributed by atoms with Crippen molar-refractivity contribution in [2.24, 2.45) is 0 Å². The van der Waals surface area contributed by atoms with Crippen LogP contribution < -0.4 is 0 Å². The normalized spacial score (nSPS) is 21.6. The molecule has 0 amide bonds. The predicted molar refractivity (Wildman–Crippen MR) is 42.4 cm³/mol. The quantitative estimate of drug-likeness (QED) is 0.471. The van der Waals surface area contributed by atoms with Crippen molar-refractivity contribution in [2.45, 2.75) is 12.8 Å². The third-order valence-corrected chi connectivity index (χ3v) is 1.78. The van der Waals surface area contributed by atoms with E-state index in [1.54, 1.807) is 0 Å². The van der Waals surface area contributed by atoms with Crippen molar-refractivity contribution in [1.29, 1.82) is 0 Å². The van der Waals surface area contributed by atoms with Crippen LogP contribution in [0.1, 0.15) is 12.8 Å². The summed E-state index contributed by atoms with van der Waals surface area (Å²) < 4.78 is 0. The second kappa shape index (κ2) is 2.30. The van der Waals surface area contributed by atoms with Crippen molar-refractivity contribution < 1.29 is 0 Å². The van der Waals surface area contributed by atoms with Gasteiger partial charge in [0.25, 0.3) is 0 Å². The molecule has 10 heavy (non-hydrogen) atoms. The first-order chi connectivity index (χ1) is 4.97. The van der Waals surface area contributed by atoms with Gasteiger partial charge in [-0.2, -0.15) is 0 Å². The molecule has 0 saturated carbocycles. The Hall–Kier alpha value is -1.04. The van der Waals surface area contributed by atoms with E-state index >= 15 is 0 Å². The van der Waals surface area contributed by atoms with Gasteiger partial charge in [0.15, 0.2) is 0 Å². The average molecular weight is 129 g/mol. The largest absolute Gasteiger partial charge is 0.0801 e. The van der Waals surface area contributed by atoms with Crippen LogP contribution in [0.4, 0.5) is 0 Å². The summed E-state index contributed by atoms with van der Waals surface area (Å²) in [6.45, 7) is 0. The fraction of sp³-hybridized carbons (Fsp3) is 0.200. The van der Waals surface area contributed by atoms with Crippen LogP contribution in [0, 0.1) is 6.08 Å². The maximum Gasteiger partial charge on any atom is -0.00849 e. The minimum absolute atomic E-state index is 0.969. The van der Waals surface area contributed by atoms with Gasteiger partial charge in [-0.05, 0) is 30.1 Å². The van der Waals surface area contributed by atoms with Gasteiger partial charge < -0.3 is 0 Å². The highest BCUT2D eigenvalue weighted by atomic mass is 14.1. The maximum absolute atomic E-state index is 3.30. The Kier molecular flexibility index (Phi) is 1.31. The number of allylic oxidation sites excluding steroid dienone is 8. The molecular formula is C10H9. The van der Waals surface area contributed by atoms with Gasteiger partial charge in [-0.1, -0.05) is 30.4 Å². The molecule has 0 N–H and O–H groups in total. The van der Waals surface area contributed by atoms with Gasteiger partial charge in [0.1, 0.15) is 0 Å². The summed E-state index contributed by atoms with van der Waals surface area (Å²) in [5.74, 6) is 0. The van der Waals surface area contributed by atoms with E-state index in [0.717, 1.165) is 12.8 Å². The summed E-state index contributed by atoms with van der Waals surface area (Å²) in [7, 11) is 0. The fourth-order valence-electron chi connectivity index (χ4n) is 1.26. The summed E-state index contributed by atoms with van der Waals surface area (Å²) in [4.78, 5) is 0. The molecule has 0 spiro atoms. The van der Waals surface area contributed by atoms with E-state index in [9.17, 15) is 0 Å².